The van der Waals surface area contributed by atoms with Gasteiger partial charge in [0.15, 0.2) is 0 Å². The van der Waals surface area contributed by atoms with Crippen LogP contribution in [-0.4, -0.2) is 6.04 Å². The summed E-state index contributed by atoms with van der Waals surface area (Å²) >= 11 is 5.76. The molecule has 1 unspecified atom stereocenters. The lowest BCUT2D eigenvalue weighted by Gasteiger charge is -2.12. The molecule has 1 nitrogen and oxygen atoms in total. The predicted molar refractivity (Wildman–Crippen MR) is 81.1 cm³/mol. The van der Waals surface area contributed by atoms with E-state index < -0.39 is 0 Å². The maximum absolute atomic E-state index is 13.7. The van der Waals surface area contributed by atoms with Gasteiger partial charge in [-0.1, -0.05) is 69.2 Å². The van der Waals surface area contributed by atoms with E-state index in [4.69, 9.17) is 17.3 Å². The van der Waals surface area contributed by atoms with Crippen molar-refractivity contribution in [1.29, 1.82) is 0 Å². The van der Waals surface area contributed by atoms with Crippen molar-refractivity contribution in [3.8, 4) is 0 Å². The van der Waals surface area contributed by atoms with Crippen LogP contribution in [0.1, 0.15) is 57.4 Å². The summed E-state index contributed by atoms with van der Waals surface area (Å²) in [5.41, 5.74) is 6.69. The number of rotatable bonds is 9. The molecular weight excluding hydrogens is 261 g/mol. The Labute approximate surface area is 121 Å². The van der Waals surface area contributed by atoms with Crippen molar-refractivity contribution in [2.45, 2.75) is 64.3 Å². The summed E-state index contributed by atoms with van der Waals surface area (Å²) in [6.07, 6.45) is 9.08. The fourth-order valence-corrected chi connectivity index (χ4v) is 2.47. The Bertz CT molecular complexity index is 368. The third-order valence-corrected chi connectivity index (χ3v) is 3.73. The molecule has 1 aromatic rings. The molecule has 0 saturated heterocycles. The highest BCUT2D eigenvalue weighted by Gasteiger charge is 2.10. The van der Waals surface area contributed by atoms with Crippen LogP contribution in [0.2, 0.25) is 5.02 Å². The largest absolute Gasteiger partial charge is 0.327 e. The number of hydrogen-bond acceptors (Lipinski definition) is 1. The molecule has 108 valence electrons. The number of unbranched alkanes of at least 4 members (excludes halogenated alkanes) is 5. The van der Waals surface area contributed by atoms with Gasteiger partial charge in [-0.25, -0.2) is 4.39 Å². The number of hydrogen-bond donors (Lipinski definition) is 1. The minimum atomic E-state index is -0.317. The Balaban J connectivity index is 2.23. The van der Waals surface area contributed by atoms with E-state index in [9.17, 15) is 4.39 Å². The van der Waals surface area contributed by atoms with Crippen LogP contribution in [0.15, 0.2) is 18.2 Å². The van der Waals surface area contributed by atoms with Crippen LogP contribution in [0.5, 0.6) is 0 Å². The Morgan fingerprint density at radius 2 is 1.84 bits per heavy atom. The lowest BCUT2D eigenvalue weighted by Crippen LogP contribution is -2.23. The van der Waals surface area contributed by atoms with Gasteiger partial charge in [0.2, 0.25) is 0 Å². The van der Waals surface area contributed by atoms with E-state index in [1.165, 1.54) is 32.1 Å². The van der Waals surface area contributed by atoms with Crippen LogP contribution in [0.4, 0.5) is 4.39 Å². The first kappa shape index (κ1) is 16.5. The van der Waals surface area contributed by atoms with E-state index in [-0.39, 0.29) is 16.9 Å². The molecule has 0 heterocycles. The van der Waals surface area contributed by atoms with E-state index in [0.717, 1.165) is 12.8 Å². The molecule has 0 saturated carbocycles. The van der Waals surface area contributed by atoms with Crippen molar-refractivity contribution in [1.82, 2.24) is 0 Å². The highest BCUT2D eigenvalue weighted by atomic mass is 35.5. The first-order chi connectivity index (χ1) is 9.15. The molecule has 1 rings (SSSR count). The first-order valence-corrected chi connectivity index (χ1v) is 7.71. The molecular formula is C16H25ClFN. The van der Waals surface area contributed by atoms with Crippen molar-refractivity contribution >= 4 is 11.6 Å². The summed E-state index contributed by atoms with van der Waals surface area (Å²) in [5.74, 6) is -0.317. The second-order valence-corrected chi connectivity index (χ2v) is 5.64. The van der Waals surface area contributed by atoms with Crippen molar-refractivity contribution < 1.29 is 4.39 Å². The molecule has 0 spiro atoms. The van der Waals surface area contributed by atoms with E-state index >= 15 is 0 Å². The van der Waals surface area contributed by atoms with Gasteiger partial charge in [-0.3, -0.25) is 0 Å². The molecule has 0 bridgehead atoms. The van der Waals surface area contributed by atoms with Gasteiger partial charge in [-0.15, -0.1) is 0 Å². The summed E-state index contributed by atoms with van der Waals surface area (Å²) in [5, 5.41) is 0.185. The van der Waals surface area contributed by atoms with Crippen LogP contribution in [0.25, 0.3) is 0 Å². The standard InChI is InChI=1S/C16H25ClFN/c1-2-3-4-5-6-7-10-14(19)12-13-9-8-11-15(17)16(13)18/h8-9,11,14H,2-7,10,12,19H2,1H3. The third-order valence-electron chi connectivity index (χ3n) is 3.44. The van der Waals surface area contributed by atoms with Crippen LogP contribution < -0.4 is 5.73 Å². The second-order valence-electron chi connectivity index (χ2n) is 5.23. The van der Waals surface area contributed by atoms with E-state index in [1.807, 2.05) is 0 Å². The quantitative estimate of drug-likeness (QED) is 0.628. The molecule has 1 atom stereocenters. The number of benzene rings is 1. The Morgan fingerprint density at radius 3 is 2.58 bits per heavy atom. The molecule has 0 aliphatic rings. The third kappa shape index (κ3) is 6.40. The van der Waals surface area contributed by atoms with Crippen molar-refractivity contribution in [3.63, 3.8) is 0 Å². The van der Waals surface area contributed by atoms with Crippen LogP contribution in [0.3, 0.4) is 0 Å². The maximum Gasteiger partial charge on any atom is 0.145 e. The zero-order chi connectivity index (χ0) is 14.1. The van der Waals surface area contributed by atoms with Gasteiger partial charge >= 0.3 is 0 Å². The average Bonchev–Trinajstić information content (AvgIpc) is 2.39. The van der Waals surface area contributed by atoms with Crippen LogP contribution in [0, 0.1) is 5.82 Å². The highest BCUT2D eigenvalue weighted by molar-refractivity contribution is 6.30. The molecule has 2 N–H and O–H groups in total. The summed E-state index contributed by atoms with van der Waals surface area (Å²) in [7, 11) is 0. The van der Waals surface area contributed by atoms with Gasteiger partial charge in [0.1, 0.15) is 5.82 Å². The van der Waals surface area contributed by atoms with E-state index in [2.05, 4.69) is 6.92 Å². The maximum atomic E-state index is 13.7. The number of halogens is 2. The average molecular weight is 286 g/mol. The monoisotopic (exact) mass is 285 g/mol. The minimum absolute atomic E-state index is 0.0270. The molecule has 19 heavy (non-hydrogen) atoms. The van der Waals surface area contributed by atoms with Gasteiger partial charge in [-0.2, -0.15) is 0 Å². The predicted octanol–water partition coefficient (Wildman–Crippen LogP) is 5.10. The first-order valence-electron chi connectivity index (χ1n) is 7.33. The highest BCUT2D eigenvalue weighted by Crippen LogP contribution is 2.19. The van der Waals surface area contributed by atoms with E-state index in [0.29, 0.717) is 12.0 Å². The van der Waals surface area contributed by atoms with Gasteiger partial charge < -0.3 is 5.73 Å². The number of nitrogens with two attached hydrogens (primary N) is 1. The van der Waals surface area contributed by atoms with Crippen LogP contribution in [-0.2, 0) is 6.42 Å². The fourth-order valence-electron chi connectivity index (χ4n) is 2.28. The van der Waals surface area contributed by atoms with Gasteiger partial charge in [-0.05, 0) is 24.5 Å². The van der Waals surface area contributed by atoms with Crippen LogP contribution >= 0.6 is 11.6 Å². The summed E-state index contributed by atoms with van der Waals surface area (Å²) in [4.78, 5) is 0. The SMILES string of the molecule is CCCCCCCCC(N)Cc1cccc(Cl)c1F. The molecule has 1 aromatic carbocycles. The molecule has 0 aliphatic carbocycles. The summed E-state index contributed by atoms with van der Waals surface area (Å²) < 4.78 is 13.7. The van der Waals surface area contributed by atoms with Gasteiger partial charge in [0.05, 0.1) is 5.02 Å². The Kier molecular flexibility index (Phi) is 8.08. The molecule has 0 fully saturated rings. The lowest BCUT2D eigenvalue weighted by molar-refractivity contribution is 0.521. The van der Waals surface area contributed by atoms with Crippen molar-refractivity contribution in [2.75, 3.05) is 0 Å². The molecule has 0 radical (unpaired) electrons. The molecule has 0 aliphatic heterocycles. The normalized spacial score (nSPS) is 12.6. The van der Waals surface area contributed by atoms with Crippen molar-refractivity contribution in [2.24, 2.45) is 5.73 Å². The zero-order valence-electron chi connectivity index (χ0n) is 11.8. The topological polar surface area (TPSA) is 26.0 Å². The van der Waals surface area contributed by atoms with Gasteiger partial charge in [0, 0.05) is 6.04 Å². The molecule has 0 amide bonds. The van der Waals surface area contributed by atoms with E-state index in [1.54, 1.807) is 18.2 Å². The Hall–Kier alpha value is -0.600. The van der Waals surface area contributed by atoms with Crippen molar-refractivity contribution in [3.05, 3.63) is 34.6 Å². The second kappa shape index (κ2) is 9.33. The molecule has 3 heteroatoms. The zero-order valence-corrected chi connectivity index (χ0v) is 12.6. The fraction of sp³-hybridized carbons (Fsp3) is 0.625. The minimum Gasteiger partial charge on any atom is -0.327 e. The summed E-state index contributed by atoms with van der Waals surface area (Å²) in [6, 6.07) is 5.14. The smallest absolute Gasteiger partial charge is 0.145 e. The lowest BCUT2D eigenvalue weighted by atomic mass is 10.00. The molecule has 0 aromatic heterocycles. The Morgan fingerprint density at radius 1 is 1.16 bits per heavy atom. The summed E-state index contributed by atoms with van der Waals surface area (Å²) in [6.45, 7) is 2.22. The van der Waals surface area contributed by atoms with Gasteiger partial charge in [0.25, 0.3) is 0 Å².